The molecule has 7 heteroatoms. The fourth-order valence-electron chi connectivity index (χ4n) is 3.12. The lowest BCUT2D eigenvalue weighted by molar-refractivity contribution is 0.0883. The number of piperidine rings is 1. The Morgan fingerprint density at radius 2 is 2.32 bits per heavy atom. The van der Waals surface area contributed by atoms with Crippen molar-refractivity contribution in [2.45, 2.75) is 32.3 Å². The maximum Gasteiger partial charge on any atom is 0.163 e. The van der Waals surface area contributed by atoms with E-state index in [2.05, 4.69) is 40.8 Å². The molecule has 0 aliphatic carbocycles. The molecule has 2 atom stereocenters. The summed E-state index contributed by atoms with van der Waals surface area (Å²) in [5.74, 6) is 4.70. The van der Waals surface area contributed by atoms with E-state index in [-0.39, 0.29) is 12.0 Å². The Bertz CT molecular complexity index is 763. The Morgan fingerprint density at radius 3 is 3.04 bits per heavy atom. The molecule has 3 heterocycles. The van der Waals surface area contributed by atoms with Crippen molar-refractivity contribution in [2.24, 2.45) is 5.92 Å². The summed E-state index contributed by atoms with van der Waals surface area (Å²) in [7, 11) is 0. The second-order valence-corrected chi connectivity index (χ2v) is 6.78. The molecule has 1 aliphatic rings. The van der Waals surface area contributed by atoms with Crippen molar-refractivity contribution in [3.05, 3.63) is 17.8 Å². The molecule has 0 aromatic carbocycles. The molecule has 1 unspecified atom stereocenters. The number of anilines is 2. The van der Waals surface area contributed by atoms with Crippen molar-refractivity contribution < 1.29 is 5.11 Å². The summed E-state index contributed by atoms with van der Waals surface area (Å²) in [4.78, 5) is 4.74. The van der Waals surface area contributed by atoms with Crippen LogP contribution in [0, 0.1) is 18.3 Å². The van der Waals surface area contributed by atoms with Gasteiger partial charge in [0.25, 0.3) is 0 Å². The highest BCUT2D eigenvalue weighted by Gasteiger charge is 2.23. The van der Waals surface area contributed by atoms with Crippen LogP contribution in [0.15, 0.2) is 12.3 Å². The Balaban J connectivity index is 1.86. The van der Waals surface area contributed by atoms with Gasteiger partial charge < -0.3 is 21.1 Å². The topological polar surface area (TPSA) is 86.5 Å². The van der Waals surface area contributed by atoms with Gasteiger partial charge >= 0.3 is 0 Å². The number of rotatable bonds is 6. The molecule has 134 valence electrons. The highest BCUT2D eigenvalue weighted by Crippen LogP contribution is 2.24. The molecular weight excluding hydrogens is 316 g/mol. The third-order valence-corrected chi connectivity index (χ3v) is 4.63. The van der Waals surface area contributed by atoms with Gasteiger partial charge in [0, 0.05) is 30.6 Å². The third kappa shape index (κ3) is 3.86. The summed E-state index contributed by atoms with van der Waals surface area (Å²) in [5.41, 5.74) is 1.92. The molecule has 3 rings (SSSR count). The lowest BCUT2D eigenvalue weighted by Crippen LogP contribution is -2.43. The molecule has 2 aromatic heterocycles. The molecule has 1 saturated heterocycles. The fourth-order valence-corrected chi connectivity index (χ4v) is 3.12. The molecule has 25 heavy (non-hydrogen) atoms. The van der Waals surface area contributed by atoms with Crippen LogP contribution >= 0.6 is 0 Å². The van der Waals surface area contributed by atoms with Crippen molar-refractivity contribution in [1.29, 1.82) is 0 Å². The van der Waals surface area contributed by atoms with Crippen molar-refractivity contribution in [2.75, 3.05) is 36.8 Å². The lowest BCUT2D eigenvalue weighted by Gasteiger charge is -2.28. The van der Waals surface area contributed by atoms with E-state index >= 15 is 0 Å². The second kappa shape index (κ2) is 7.72. The van der Waals surface area contributed by atoms with Gasteiger partial charge in [-0.05, 0) is 18.9 Å². The van der Waals surface area contributed by atoms with Crippen LogP contribution in [0.3, 0.4) is 0 Å². The molecule has 0 amide bonds. The monoisotopic (exact) mass is 342 g/mol. The van der Waals surface area contributed by atoms with E-state index < -0.39 is 0 Å². The van der Waals surface area contributed by atoms with Gasteiger partial charge in [0.2, 0.25) is 0 Å². The third-order valence-electron chi connectivity index (χ3n) is 4.63. The van der Waals surface area contributed by atoms with Crippen LogP contribution in [-0.4, -0.2) is 52.0 Å². The zero-order chi connectivity index (χ0) is 17.8. The summed E-state index contributed by atoms with van der Waals surface area (Å²) >= 11 is 0. The van der Waals surface area contributed by atoms with Crippen molar-refractivity contribution in [3.63, 3.8) is 0 Å². The van der Waals surface area contributed by atoms with Crippen molar-refractivity contribution in [3.8, 4) is 12.3 Å². The highest BCUT2D eigenvalue weighted by molar-refractivity contribution is 5.61. The Morgan fingerprint density at radius 1 is 1.48 bits per heavy atom. The average Bonchev–Trinajstić information content (AvgIpc) is 3.03. The van der Waals surface area contributed by atoms with Gasteiger partial charge in [0.15, 0.2) is 5.65 Å². The number of aliphatic hydroxyl groups is 1. The highest BCUT2D eigenvalue weighted by atomic mass is 16.3. The van der Waals surface area contributed by atoms with Crippen molar-refractivity contribution in [1.82, 2.24) is 19.9 Å². The van der Waals surface area contributed by atoms with Crippen molar-refractivity contribution >= 4 is 17.3 Å². The van der Waals surface area contributed by atoms with E-state index in [1.54, 1.807) is 4.52 Å². The van der Waals surface area contributed by atoms with E-state index in [0.29, 0.717) is 25.6 Å². The Hall–Kier alpha value is -2.30. The quantitative estimate of drug-likeness (QED) is 0.592. The van der Waals surface area contributed by atoms with Crippen LogP contribution < -0.4 is 16.0 Å². The summed E-state index contributed by atoms with van der Waals surface area (Å²) < 4.78 is 1.79. The van der Waals surface area contributed by atoms with Gasteiger partial charge in [0.1, 0.15) is 11.6 Å². The molecule has 2 aromatic rings. The first-order valence-corrected chi connectivity index (χ1v) is 8.78. The number of terminal acetylenes is 1. The van der Waals surface area contributed by atoms with E-state index in [1.807, 2.05) is 12.3 Å². The number of β-amino-alcohol motifs (C(OH)–C–C–N with tert-alkyl or cyclic N) is 1. The van der Waals surface area contributed by atoms with Crippen LogP contribution in [-0.2, 0) is 0 Å². The number of nitrogens with one attached hydrogen (secondary N) is 3. The second-order valence-electron chi connectivity index (χ2n) is 6.78. The minimum Gasteiger partial charge on any atom is -0.391 e. The summed E-state index contributed by atoms with van der Waals surface area (Å²) in [5, 5.41) is 24.3. The lowest BCUT2D eigenvalue weighted by atomic mass is 9.95. The number of hydrogen-bond acceptors (Lipinski definition) is 6. The number of aliphatic hydroxyl groups excluding tert-OH is 1. The van der Waals surface area contributed by atoms with Gasteiger partial charge in [0.05, 0.1) is 18.8 Å². The number of nitrogens with zero attached hydrogens (tertiary/aromatic N) is 3. The van der Waals surface area contributed by atoms with Crippen LogP contribution in [0.4, 0.5) is 11.6 Å². The van der Waals surface area contributed by atoms with Gasteiger partial charge in [-0.15, -0.1) is 6.42 Å². The zero-order valence-corrected chi connectivity index (χ0v) is 14.8. The SMILES string of the molecule is C#CCNc1cc(NCC2CCNC[C@@H]2O)nc2c(C(C)C)cnn12. The van der Waals surface area contributed by atoms with E-state index in [0.717, 1.165) is 35.8 Å². The maximum atomic E-state index is 10.1. The predicted octanol–water partition coefficient (Wildman–Crippen LogP) is 1.28. The minimum absolute atomic E-state index is 0.218. The smallest absolute Gasteiger partial charge is 0.163 e. The van der Waals surface area contributed by atoms with E-state index in [9.17, 15) is 5.11 Å². The Labute approximate surface area is 148 Å². The summed E-state index contributed by atoms with van der Waals surface area (Å²) in [6, 6.07) is 1.91. The summed E-state index contributed by atoms with van der Waals surface area (Å²) in [6.07, 6.45) is 7.85. The first kappa shape index (κ1) is 17.5. The van der Waals surface area contributed by atoms with Crippen LogP contribution in [0.25, 0.3) is 5.65 Å². The van der Waals surface area contributed by atoms with Crippen LogP contribution in [0.2, 0.25) is 0 Å². The number of fused-ring (bicyclic) bond motifs is 1. The largest absolute Gasteiger partial charge is 0.391 e. The van der Waals surface area contributed by atoms with E-state index in [4.69, 9.17) is 11.4 Å². The first-order valence-electron chi connectivity index (χ1n) is 8.78. The number of aromatic nitrogens is 3. The molecule has 4 N–H and O–H groups in total. The summed E-state index contributed by atoms with van der Waals surface area (Å²) in [6.45, 7) is 6.94. The number of hydrogen-bond donors (Lipinski definition) is 4. The average molecular weight is 342 g/mol. The van der Waals surface area contributed by atoms with Gasteiger partial charge in [-0.25, -0.2) is 4.98 Å². The van der Waals surface area contributed by atoms with Gasteiger partial charge in [-0.1, -0.05) is 19.8 Å². The molecule has 0 spiro atoms. The minimum atomic E-state index is -0.329. The normalized spacial score (nSPS) is 20.6. The molecule has 0 bridgehead atoms. The Kier molecular flexibility index (Phi) is 5.41. The molecular formula is C18H26N6O. The standard InChI is InChI=1S/C18H26N6O/c1-4-6-20-17-8-16(21-9-13-5-7-19-11-15(13)25)23-18-14(12(2)3)10-22-24(17)18/h1,8,10,12-13,15,19-20,25H,5-7,9,11H2,2-3H3,(H,21,23)/t13?,15-/m0/s1. The molecule has 1 fully saturated rings. The maximum absolute atomic E-state index is 10.1. The molecule has 0 radical (unpaired) electrons. The zero-order valence-electron chi connectivity index (χ0n) is 14.8. The molecule has 1 aliphatic heterocycles. The van der Waals surface area contributed by atoms with E-state index in [1.165, 1.54) is 0 Å². The molecule has 0 saturated carbocycles. The van der Waals surface area contributed by atoms with Gasteiger partial charge in [-0.2, -0.15) is 9.61 Å². The fraction of sp³-hybridized carbons (Fsp3) is 0.556. The molecule has 7 nitrogen and oxygen atoms in total. The van der Waals surface area contributed by atoms with Crippen LogP contribution in [0.5, 0.6) is 0 Å². The predicted molar refractivity (Wildman–Crippen MR) is 99.9 cm³/mol. The van der Waals surface area contributed by atoms with Crippen LogP contribution in [0.1, 0.15) is 31.7 Å². The first-order chi connectivity index (χ1) is 12.1. The van der Waals surface area contributed by atoms with Gasteiger partial charge in [-0.3, -0.25) is 0 Å².